The van der Waals surface area contributed by atoms with Crippen molar-refractivity contribution in [2.24, 2.45) is 5.92 Å². The molecule has 0 aromatic heterocycles. The predicted octanol–water partition coefficient (Wildman–Crippen LogP) is 3.28. The van der Waals surface area contributed by atoms with Gasteiger partial charge in [-0.3, -0.25) is 9.69 Å². The Bertz CT molecular complexity index is 659. The van der Waals surface area contributed by atoms with Crippen LogP contribution in [0.5, 0.6) is 0 Å². The molecule has 1 saturated carbocycles. The van der Waals surface area contributed by atoms with Crippen molar-refractivity contribution in [3.05, 3.63) is 40.4 Å². The molecule has 3 saturated heterocycles. The van der Waals surface area contributed by atoms with E-state index in [-0.39, 0.29) is 11.9 Å². The van der Waals surface area contributed by atoms with E-state index in [2.05, 4.69) is 15.9 Å². The number of carbonyl (C=O) groups excluding carboxylic acids is 2. The Labute approximate surface area is 137 Å². The van der Waals surface area contributed by atoms with Crippen LogP contribution in [0.25, 0.3) is 6.08 Å². The van der Waals surface area contributed by atoms with Gasteiger partial charge in [-0.25, -0.2) is 4.79 Å². The first-order valence-corrected chi connectivity index (χ1v) is 8.45. The lowest BCUT2D eigenvalue weighted by atomic mass is 9.73. The highest BCUT2D eigenvalue weighted by Gasteiger charge is 2.68. The number of amides is 3. The van der Waals surface area contributed by atoms with Crippen LogP contribution in [0.4, 0.5) is 4.79 Å². The molecule has 3 aliphatic heterocycles. The number of hydrogen-bond donors (Lipinski definition) is 0. The lowest BCUT2D eigenvalue weighted by Crippen LogP contribution is -2.49. The minimum atomic E-state index is -0.447. The van der Waals surface area contributed by atoms with Crippen LogP contribution in [0.1, 0.15) is 24.8 Å². The van der Waals surface area contributed by atoms with Crippen molar-refractivity contribution in [2.75, 3.05) is 13.1 Å². The zero-order chi connectivity index (χ0) is 15.3. The molecule has 1 aromatic carbocycles. The quantitative estimate of drug-likeness (QED) is 0.773. The van der Waals surface area contributed by atoms with Crippen LogP contribution < -0.4 is 0 Å². The molecule has 4 aliphatic rings. The summed E-state index contributed by atoms with van der Waals surface area (Å²) in [5, 5.41) is 0. The molecule has 1 spiro atoms. The molecule has 0 atom stereocenters. The first-order chi connectivity index (χ1) is 10.6. The number of rotatable bonds is 4. The third-order valence-electron chi connectivity index (χ3n) is 5.01. The number of halogens is 1. The summed E-state index contributed by atoms with van der Waals surface area (Å²) in [4.78, 5) is 28.1. The fourth-order valence-electron chi connectivity index (χ4n) is 3.91. The average molecular weight is 361 g/mol. The van der Waals surface area contributed by atoms with Crippen molar-refractivity contribution in [1.29, 1.82) is 0 Å². The van der Waals surface area contributed by atoms with Crippen LogP contribution in [0, 0.1) is 5.92 Å². The highest BCUT2D eigenvalue weighted by atomic mass is 79.9. The lowest BCUT2D eigenvalue weighted by Gasteiger charge is -2.34. The van der Waals surface area contributed by atoms with Crippen LogP contribution in [0.15, 0.2) is 34.8 Å². The van der Waals surface area contributed by atoms with Gasteiger partial charge in [0.15, 0.2) is 0 Å². The number of carbonyl (C=O) groups is 2. The Morgan fingerprint density at radius 1 is 1.23 bits per heavy atom. The Balaban J connectivity index is 1.37. The zero-order valence-corrected chi connectivity index (χ0v) is 13.8. The summed E-state index contributed by atoms with van der Waals surface area (Å²) in [6.07, 6.45) is 6.50. The molecule has 3 heterocycles. The molecule has 0 N–H and O–H groups in total. The average Bonchev–Trinajstić information content (AvgIpc) is 3.09. The second-order valence-corrected chi connectivity index (χ2v) is 7.31. The first-order valence-electron chi connectivity index (χ1n) is 7.66. The van der Waals surface area contributed by atoms with E-state index in [9.17, 15) is 9.59 Å². The molecule has 4 nitrogen and oxygen atoms in total. The Hall–Kier alpha value is -1.62. The third-order valence-corrected chi connectivity index (χ3v) is 5.54. The summed E-state index contributed by atoms with van der Waals surface area (Å²) in [6.45, 7) is 1.25. The summed E-state index contributed by atoms with van der Waals surface area (Å²) in [6, 6.07) is 7.95. The second kappa shape index (κ2) is 4.95. The number of imide groups is 1. The number of hydrogen-bond acceptors (Lipinski definition) is 2. The zero-order valence-electron chi connectivity index (χ0n) is 12.2. The summed E-state index contributed by atoms with van der Waals surface area (Å²) in [7, 11) is 0. The van der Waals surface area contributed by atoms with E-state index in [0.717, 1.165) is 29.4 Å². The highest BCUT2D eigenvalue weighted by Crippen LogP contribution is 2.54. The molecule has 5 rings (SSSR count). The summed E-state index contributed by atoms with van der Waals surface area (Å²) >= 11 is 3.41. The highest BCUT2D eigenvalue weighted by molar-refractivity contribution is 9.10. The fraction of sp³-hybridized carbons (Fsp3) is 0.412. The first kappa shape index (κ1) is 14.0. The van der Waals surface area contributed by atoms with Gasteiger partial charge in [-0.1, -0.05) is 40.2 Å². The van der Waals surface area contributed by atoms with Gasteiger partial charge in [0.2, 0.25) is 0 Å². The molecule has 1 aromatic rings. The van der Waals surface area contributed by atoms with Crippen LogP contribution in [-0.2, 0) is 4.79 Å². The largest absolute Gasteiger partial charge is 0.327 e. The molecule has 0 unspecified atom stereocenters. The monoisotopic (exact) mass is 360 g/mol. The Kier molecular flexibility index (Phi) is 3.15. The van der Waals surface area contributed by atoms with Crippen molar-refractivity contribution >= 4 is 33.9 Å². The van der Waals surface area contributed by atoms with Crippen LogP contribution in [0.2, 0.25) is 0 Å². The maximum absolute atomic E-state index is 12.5. The van der Waals surface area contributed by atoms with E-state index in [1.165, 1.54) is 4.90 Å². The standard InChI is InChI=1S/C17H17BrN2O2/c18-14-6-4-12(5-7-14)3-1-2-8-19-15(21)17-9-13(10-17)11-20(17)16(19)22/h1,3-7,13H,2,8-11H2. The van der Waals surface area contributed by atoms with Gasteiger partial charge in [-0.05, 0) is 42.9 Å². The molecule has 22 heavy (non-hydrogen) atoms. The number of nitrogens with zero attached hydrogens (tertiary/aromatic N) is 2. The predicted molar refractivity (Wildman–Crippen MR) is 87.1 cm³/mol. The van der Waals surface area contributed by atoms with Crippen molar-refractivity contribution in [3.8, 4) is 0 Å². The molecular formula is C17H17BrN2O2. The number of urea groups is 1. The minimum Gasteiger partial charge on any atom is -0.309 e. The van der Waals surface area contributed by atoms with E-state index in [1.54, 1.807) is 4.90 Å². The van der Waals surface area contributed by atoms with Crippen LogP contribution in [0.3, 0.4) is 0 Å². The summed E-state index contributed by atoms with van der Waals surface area (Å²) in [5.41, 5.74) is 0.667. The van der Waals surface area contributed by atoms with Gasteiger partial charge < -0.3 is 4.90 Å². The maximum Gasteiger partial charge on any atom is 0.327 e. The Morgan fingerprint density at radius 2 is 1.95 bits per heavy atom. The van der Waals surface area contributed by atoms with Crippen LogP contribution in [-0.4, -0.2) is 40.4 Å². The van der Waals surface area contributed by atoms with E-state index in [4.69, 9.17) is 0 Å². The Morgan fingerprint density at radius 3 is 2.64 bits per heavy atom. The molecule has 114 valence electrons. The minimum absolute atomic E-state index is 0.0308. The van der Waals surface area contributed by atoms with E-state index in [1.807, 2.05) is 36.4 Å². The van der Waals surface area contributed by atoms with Gasteiger partial charge in [-0.2, -0.15) is 0 Å². The second-order valence-electron chi connectivity index (χ2n) is 6.40. The van der Waals surface area contributed by atoms with Gasteiger partial charge in [0.05, 0.1) is 0 Å². The van der Waals surface area contributed by atoms with Gasteiger partial charge in [0.25, 0.3) is 5.91 Å². The van der Waals surface area contributed by atoms with Gasteiger partial charge >= 0.3 is 6.03 Å². The van der Waals surface area contributed by atoms with Crippen molar-refractivity contribution in [3.63, 3.8) is 0 Å². The smallest absolute Gasteiger partial charge is 0.309 e. The SMILES string of the molecule is O=C1N(CCC=Cc2ccc(Br)cc2)C(=O)C23CC(CN12)C3. The normalized spacial score (nSPS) is 29.4. The van der Waals surface area contributed by atoms with Crippen molar-refractivity contribution in [1.82, 2.24) is 9.80 Å². The van der Waals surface area contributed by atoms with E-state index >= 15 is 0 Å². The lowest BCUT2D eigenvalue weighted by molar-refractivity contribution is -0.135. The van der Waals surface area contributed by atoms with E-state index < -0.39 is 5.54 Å². The molecule has 1 aliphatic carbocycles. The van der Waals surface area contributed by atoms with Crippen molar-refractivity contribution in [2.45, 2.75) is 24.8 Å². The molecule has 2 bridgehead atoms. The van der Waals surface area contributed by atoms with Gasteiger partial charge in [-0.15, -0.1) is 0 Å². The third kappa shape index (κ3) is 1.95. The molecule has 0 radical (unpaired) electrons. The molecular weight excluding hydrogens is 344 g/mol. The molecule has 5 heteroatoms. The van der Waals surface area contributed by atoms with Gasteiger partial charge in [0.1, 0.15) is 5.54 Å². The van der Waals surface area contributed by atoms with E-state index in [0.29, 0.717) is 18.9 Å². The van der Waals surface area contributed by atoms with Gasteiger partial charge in [0, 0.05) is 17.6 Å². The summed E-state index contributed by atoms with van der Waals surface area (Å²) < 4.78 is 1.05. The summed E-state index contributed by atoms with van der Waals surface area (Å²) in [5.74, 6) is 0.593. The molecule has 4 fully saturated rings. The van der Waals surface area contributed by atoms with Crippen LogP contribution >= 0.6 is 15.9 Å². The number of benzene rings is 1. The maximum atomic E-state index is 12.5. The fourth-order valence-corrected chi connectivity index (χ4v) is 4.17. The topological polar surface area (TPSA) is 40.6 Å². The molecule has 3 amide bonds. The van der Waals surface area contributed by atoms with Crippen molar-refractivity contribution < 1.29 is 9.59 Å².